The maximum Gasteiger partial charge on any atom is 0.243 e. The Morgan fingerprint density at radius 3 is 2.63 bits per heavy atom. The summed E-state index contributed by atoms with van der Waals surface area (Å²) in [7, 11) is -3.67. The quantitative estimate of drug-likeness (QED) is 0.864. The van der Waals surface area contributed by atoms with E-state index >= 15 is 0 Å². The first-order valence-electron chi connectivity index (χ1n) is 6.04. The summed E-state index contributed by atoms with van der Waals surface area (Å²) < 4.78 is 26.2. The van der Waals surface area contributed by atoms with Gasteiger partial charge in [0, 0.05) is 19.5 Å². The lowest BCUT2D eigenvalue weighted by molar-refractivity contribution is 0.372. The second kappa shape index (κ2) is 6.55. The van der Waals surface area contributed by atoms with Crippen LogP contribution >= 0.6 is 0 Å². The maximum absolute atomic E-state index is 12.4. The molecule has 0 bridgehead atoms. The van der Waals surface area contributed by atoms with E-state index in [-0.39, 0.29) is 29.5 Å². The van der Waals surface area contributed by atoms with Crippen molar-refractivity contribution in [2.45, 2.75) is 25.2 Å². The lowest BCUT2D eigenvalue weighted by Crippen LogP contribution is -2.35. The summed E-state index contributed by atoms with van der Waals surface area (Å²) in [5, 5.41) is 18.0. The van der Waals surface area contributed by atoms with Gasteiger partial charge in [-0.3, -0.25) is 0 Å². The van der Waals surface area contributed by atoms with Gasteiger partial charge in [-0.2, -0.15) is 9.57 Å². The van der Waals surface area contributed by atoms with Crippen LogP contribution in [0.4, 0.5) is 0 Å². The molecule has 5 nitrogen and oxygen atoms in total. The van der Waals surface area contributed by atoms with Crippen molar-refractivity contribution in [3.8, 4) is 11.8 Å². The van der Waals surface area contributed by atoms with Crippen molar-refractivity contribution < 1.29 is 13.5 Å². The first-order valence-corrected chi connectivity index (χ1v) is 7.48. The summed E-state index contributed by atoms with van der Waals surface area (Å²) in [5.74, 6) is 0.0663. The van der Waals surface area contributed by atoms with E-state index in [9.17, 15) is 13.5 Å². The van der Waals surface area contributed by atoms with Gasteiger partial charge in [0.2, 0.25) is 10.0 Å². The standard InChI is InChI=1S/C13H18N2O3S/c1-11(2)10-15(8-4-7-14)19(17,18)13-6-3-5-12(16)9-13/h3,5-6,9,11,16H,4,8,10H2,1-2H3. The van der Waals surface area contributed by atoms with Gasteiger partial charge in [0.05, 0.1) is 11.0 Å². The number of aromatic hydroxyl groups is 1. The van der Waals surface area contributed by atoms with Crippen molar-refractivity contribution in [3.63, 3.8) is 0 Å². The van der Waals surface area contributed by atoms with Crippen LogP contribution in [0.15, 0.2) is 29.2 Å². The summed E-state index contributed by atoms with van der Waals surface area (Å²) >= 11 is 0. The fourth-order valence-electron chi connectivity index (χ4n) is 1.68. The molecule has 1 rings (SSSR count). The zero-order valence-electron chi connectivity index (χ0n) is 11.1. The summed E-state index contributed by atoms with van der Waals surface area (Å²) in [6.07, 6.45) is 0.144. The van der Waals surface area contributed by atoms with E-state index < -0.39 is 10.0 Å². The molecule has 0 aromatic heterocycles. The summed E-state index contributed by atoms with van der Waals surface area (Å²) in [4.78, 5) is 0.0473. The fraction of sp³-hybridized carbons (Fsp3) is 0.462. The average Bonchev–Trinajstić information content (AvgIpc) is 2.34. The molecular weight excluding hydrogens is 264 g/mol. The van der Waals surface area contributed by atoms with Crippen LogP contribution in [0.5, 0.6) is 5.75 Å². The predicted octanol–water partition coefficient (Wildman–Crippen LogP) is 1.95. The number of hydrogen-bond donors (Lipinski definition) is 1. The van der Waals surface area contributed by atoms with Gasteiger partial charge in [-0.25, -0.2) is 8.42 Å². The lowest BCUT2D eigenvalue weighted by atomic mass is 10.2. The molecule has 1 aromatic carbocycles. The molecule has 0 heterocycles. The van der Waals surface area contributed by atoms with Crippen LogP contribution < -0.4 is 0 Å². The Morgan fingerprint density at radius 2 is 2.11 bits per heavy atom. The highest BCUT2D eigenvalue weighted by Gasteiger charge is 2.25. The van der Waals surface area contributed by atoms with Gasteiger partial charge in [0.15, 0.2) is 0 Å². The van der Waals surface area contributed by atoms with Gasteiger partial charge in [0.25, 0.3) is 0 Å². The number of nitrogens with zero attached hydrogens (tertiary/aromatic N) is 2. The number of benzene rings is 1. The molecular formula is C13H18N2O3S. The zero-order valence-corrected chi connectivity index (χ0v) is 11.9. The number of sulfonamides is 1. The lowest BCUT2D eigenvalue weighted by Gasteiger charge is -2.23. The van der Waals surface area contributed by atoms with Crippen molar-refractivity contribution in [1.82, 2.24) is 4.31 Å². The molecule has 0 saturated heterocycles. The third-order valence-electron chi connectivity index (χ3n) is 2.50. The topological polar surface area (TPSA) is 81.4 Å². The molecule has 0 amide bonds. The Hall–Kier alpha value is -1.58. The van der Waals surface area contributed by atoms with Crippen molar-refractivity contribution in [3.05, 3.63) is 24.3 Å². The van der Waals surface area contributed by atoms with Crippen LogP contribution in [0, 0.1) is 17.2 Å². The predicted molar refractivity (Wildman–Crippen MR) is 71.9 cm³/mol. The third kappa shape index (κ3) is 4.23. The fourth-order valence-corrected chi connectivity index (χ4v) is 3.33. The summed E-state index contributed by atoms with van der Waals surface area (Å²) in [6, 6.07) is 7.51. The number of rotatable bonds is 6. The molecule has 0 aliphatic rings. The van der Waals surface area contributed by atoms with Gasteiger partial charge in [-0.15, -0.1) is 0 Å². The Kier molecular flexibility index (Phi) is 5.33. The van der Waals surface area contributed by atoms with Crippen molar-refractivity contribution in [1.29, 1.82) is 5.26 Å². The minimum absolute atomic E-state index is 0.0473. The Labute approximate surface area is 114 Å². The van der Waals surface area contributed by atoms with Crippen LogP contribution in [-0.2, 0) is 10.0 Å². The first kappa shape index (κ1) is 15.5. The van der Waals surface area contributed by atoms with E-state index in [0.29, 0.717) is 6.54 Å². The molecule has 1 N–H and O–H groups in total. The smallest absolute Gasteiger partial charge is 0.243 e. The molecule has 0 radical (unpaired) electrons. The SMILES string of the molecule is CC(C)CN(CCC#N)S(=O)(=O)c1cccc(O)c1. The number of phenolic OH excluding ortho intramolecular Hbond substituents is 1. The van der Waals surface area contributed by atoms with Crippen LogP contribution in [0.25, 0.3) is 0 Å². The first-order chi connectivity index (χ1) is 8.87. The van der Waals surface area contributed by atoms with Crippen LogP contribution in [-0.4, -0.2) is 30.9 Å². The summed E-state index contributed by atoms with van der Waals surface area (Å²) in [5.41, 5.74) is 0. The zero-order chi connectivity index (χ0) is 14.5. The van der Waals surface area contributed by atoms with Crippen molar-refractivity contribution >= 4 is 10.0 Å². The minimum atomic E-state index is -3.67. The molecule has 0 atom stereocenters. The summed E-state index contributed by atoms with van der Waals surface area (Å²) in [6.45, 7) is 4.33. The van der Waals surface area contributed by atoms with Gasteiger partial charge in [-0.05, 0) is 24.1 Å². The molecule has 0 saturated carbocycles. The molecule has 0 fully saturated rings. The molecule has 0 aliphatic heterocycles. The molecule has 6 heteroatoms. The Morgan fingerprint density at radius 1 is 1.42 bits per heavy atom. The highest BCUT2D eigenvalue weighted by atomic mass is 32.2. The van der Waals surface area contributed by atoms with E-state index in [4.69, 9.17) is 5.26 Å². The molecule has 19 heavy (non-hydrogen) atoms. The number of phenols is 1. The van der Waals surface area contributed by atoms with Gasteiger partial charge in [-0.1, -0.05) is 19.9 Å². The average molecular weight is 282 g/mol. The number of hydrogen-bond acceptors (Lipinski definition) is 4. The van der Waals surface area contributed by atoms with E-state index in [2.05, 4.69) is 0 Å². The second-order valence-corrected chi connectivity index (χ2v) is 6.60. The van der Waals surface area contributed by atoms with Gasteiger partial charge < -0.3 is 5.11 Å². The van der Waals surface area contributed by atoms with E-state index in [0.717, 1.165) is 0 Å². The molecule has 0 spiro atoms. The van der Waals surface area contributed by atoms with Crippen molar-refractivity contribution in [2.75, 3.05) is 13.1 Å². The molecule has 1 aromatic rings. The van der Waals surface area contributed by atoms with Crippen LogP contribution in [0.3, 0.4) is 0 Å². The van der Waals surface area contributed by atoms with Gasteiger partial charge in [0.1, 0.15) is 5.75 Å². The number of nitriles is 1. The maximum atomic E-state index is 12.4. The second-order valence-electron chi connectivity index (χ2n) is 4.66. The van der Waals surface area contributed by atoms with Crippen LogP contribution in [0.2, 0.25) is 0 Å². The van der Waals surface area contributed by atoms with E-state index in [1.807, 2.05) is 19.9 Å². The van der Waals surface area contributed by atoms with E-state index in [1.54, 1.807) is 0 Å². The molecule has 104 valence electrons. The largest absolute Gasteiger partial charge is 0.508 e. The minimum Gasteiger partial charge on any atom is -0.508 e. The molecule has 0 unspecified atom stereocenters. The Bertz CT molecular complexity index is 561. The van der Waals surface area contributed by atoms with Crippen molar-refractivity contribution in [2.24, 2.45) is 5.92 Å². The third-order valence-corrected chi connectivity index (χ3v) is 4.36. The van der Waals surface area contributed by atoms with Crippen LogP contribution in [0.1, 0.15) is 20.3 Å². The molecule has 0 aliphatic carbocycles. The monoisotopic (exact) mass is 282 g/mol. The highest BCUT2D eigenvalue weighted by molar-refractivity contribution is 7.89. The highest BCUT2D eigenvalue weighted by Crippen LogP contribution is 2.21. The van der Waals surface area contributed by atoms with E-state index in [1.165, 1.54) is 28.6 Å². The normalized spacial score (nSPS) is 11.7. The Balaban J connectivity index is 3.08. The van der Waals surface area contributed by atoms with Gasteiger partial charge >= 0.3 is 0 Å².